The lowest BCUT2D eigenvalue weighted by Gasteiger charge is -2.25. The fraction of sp³-hybridized carbons (Fsp3) is 0.647. The first-order valence-electron chi connectivity index (χ1n) is 7.44. The number of ether oxygens (including phenoxy) is 3. The van der Waals surface area contributed by atoms with E-state index in [-0.39, 0.29) is 11.7 Å². The minimum absolute atomic E-state index is 0.0842. The van der Waals surface area contributed by atoms with Crippen molar-refractivity contribution in [3.8, 4) is 5.75 Å². The fourth-order valence-electron chi connectivity index (χ4n) is 2.34. The first-order valence-corrected chi connectivity index (χ1v) is 7.44. The lowest BCUT2D eigenvalue weighted by Crippen LogP contribution is -2.26. The molecule has 1 saturated heterocycles. The molecule has 0 saturated carbocycles. The van der Waals surface area contributed by atoms with Gasteiger partial charge in [-0.25, -0.2) is 0 Å². The lowest BCUT2D eigenvalue weighted by molar-refractivity contribution is -0.183. The summed E-state index contributed by atoms with van der Waals surface area (Å²) in [7, 11) is 0. The minimum atomic E-state index is -0.105. The molecule has 3 heteroatoms. The second-order valence-corrected chi connectivity index (χ2v) is 6.41. The van der Waals surface area contributed by atoms with Crippen molar-refractivity contribution in [1.82, 2.24) is 0 Å². The predicted octanol–water partition coefficient (Wildman–Crippen LogP) is 3.82. The van der Waals surface area contributed by atoms with E-state index in [9.17, 15) is 0 Å². The van der Waals surface area contributed by atoms with Gasteiger partial charge in [0.25, 0.3) is 0 Å². The maximum atomic E-state index is 5.99. The summed E-state index contributed by atoms with van der Waals surface area (Å²) in [6.45, 7) is 10.9. The molecule has 1 aliphatic heterocycles. The van der Waals surface area contributed by atoms with Crippen molar-refractivity contribution in [2.75, 3.05) is 19.8 Å². The molecule has 0 unspecified atom stereocenters. The molecule has 1 aromatic carbocycles. The van der Waals surface area contributed by atoms with Gasteiger partial charge in [-0.1, -0.05) is 32.9 Å². The van der Waals surface area contributed by atoms with Crippen molar-refractivity contribution in [2.24, 2.45) is 0 Å². The van der Waals surface area contributed by atoms with Crippen LogP contribution in [0.5, 0.6) is 5.75 Å². The number of benzene rings is 1. The topological polar surface area (TPSA) is 27.7 Å². The molecule has 2 rings (SSSR count). The normalized spacial score (nSPS) is 17.2. The van der Waals surface area contributed by atoms with Crippen LogP contribution in [-0.2, 0) is 14.9 Å². The Labute approximate surface area is 122 Å². The Morgan fingerprint density at radius 3 is 2.55 bits per heavy atom. The Bertz CT molecular complexity index is 428. The van der Waals surface area contributed by atoms with Gasteiger partial charge in [0.05, 0.1) is 19.8 Å². The van der Waals surface area contributed by atoms with E-state index in [0.29, 0.717) is 6.61 Å². The van der Waals surface area contributed by atoms with Crippen LogP contribution in [0.15, 0.2) is 18.2 Å². The molecule has 0 amide bonds. The summed E-state index contributed by atoms with van der Waals surface area (Å²) in [5.74, 6) is 0.980. The summed E-state index contributed by atoms with van der Waals surface area (Å²) >= 11 is 0. The number of hydrogen-bond acceptors (Lipinski definition) is 3. The van der Waals surface area contributed by atoms with Crippen molar-refractivity contribution in [3.63, 3.8) is 0 Å². The largest absolute Gasteiger partial charge is 0.493 e. The van der Waals surface area contributed by atoms with Crippen LogP contribution in [0.25, 0.3) is 0 Å². The van der Waals surface area contributed by atoms with Crippen molar-refractivity contribution in [1.29, 1.82) is 0 Å². The summed E-state index contributed by atoms with van der Waals surface area (Å²) in [5, 5.41) is 0. The Hall–Kier alpha value is -1.06. The Kier molecular flexibility index (Phi) is 5.06. The standard InChI is InChI=1S/C17H26O3/c1-13-6-7-14(17(2,3)4)15(12-13)18-11-8-16-19-9-5-10-20-16/h6-7,12,16H,5,8-11H2,1-4H3. The quantitative estimate of drug-likeness (QED) is 0.838. The van der Waals surface area contributed by atoms with Crippen molar-refractivity contribution in [2.45, 2.75) is 52.2 Å². The first-order chi connectivity index (χ1) is 9.47. The van der Waals surface area contributed by atoms with E-state index in [2.05, 4.69) is 45.9 Å². The molecular formula is C17H26O3. The van der Waals surface area contributed by atoms with Gasteiger partial charge in [-0.05, 0) is 36.0 Å². The molecule has 1 aromatic rings. The summed E-state index contributed by atoms with van der Waals surface area (Å²) in [5.41, 5.74) is 2.55. The molecule has 3 nitrogen and oxygen atoms in total. The first kappa shape index (κ1) is 15.3. The molecule has 112 valence electrons. The fourth-order valence-corrected chi connectivity index (χ4v) is 2.34. The van der Waals surface area contributed by atoms with Crippen LogP contribution in [0.1, 0.15) is 44.7 Å². The predicted molar refractivity (Wildman–Crippen MR) is 80.3 cm³/mol. The van der Waals surface area contributed by atoms with Gasteiger partial charge in [-0.15, -0.1) is 0 Å². The molecule has 0 spiro atoms. The van der Waals surface area contributed by atoms with E-state index < -0.39 is 0 Å². The molecule has 1 aliphatic rings. The van der Waals surface area contributed by atoms with Gasteiger partial charge in [0.2, 0.25) is 0 Å². The van der Waals surface area contributed by atoms with E-state index in [1.54, 1.807) is 0 Å². The van der Waals surface area contributed by atoms with Crippen LogP contribution in [0.4, 0.5) is 0 Å². The highest BCUT2D eigenvalue weighted by Crippen LogP contribution is 2.32. The van der Waals surface area contributed by atoms with E-state index >= 15 is 0 Å². The van der Waals surface area contributed by atoms with Crippen molar-refractivity contribution in [3.05, 3.63) is 29.3 Å². The molecule has 0 atom stereocenters. The van der Waals surface area contributed by atoms with Gasteiger partial charge in [0.15, 0.2) is 6.29 Å². The number of rotatable bonds is 4. The summed E-state index contributed by atoms with van der Waals surface area (Å²) in [4.78, 5) is 0. The molecule has 0 bridgehead atoms. The van der Waals surface area contributed by atoms with Gasteiger partial charge in [-0.3, -0.25) is 0 Å². The Morgan fingerprint density at radius 1 is 1.20 bits per heavy atom. The van der Waals surface area contributed by atoms with Crippen LogP contribution in [-0.4, -0.2) is 26.1 Å². The molecule has 0 aliphatic carbocycles. The average Bonchev–Trinajstić information content (AvgIpc) is 2.38. The highest BCUT2D eigenvalue weighted by Gasteiger charge is 2.20. The molecular weight excluding hydrogens is 252 g/mol. The van der Waals surface area contributed by atoms with Gasteiger partial charge in [0.1, 0.15) is 5.75 Å². The van der Waals surface area contributed by atoms with Crippen molar-refractivity contribution < 1.29 is 14.2 Å². The molecule has 0 N–H and O–H groups in total. The van der Waals surface area contributed by atoms with Gasteiger partial charge in [0, 0.05) is 6.42 Å². The monoisotopic (exact) mass is 278 g/mol. The zero-order valence-electron chi connectivity index (χ0n) is 13.1. The highest BCUT2D eigenvalue weighted by atomic mass is 16.7. The number of hydrogen-bond donors (Lipinski definition) is 0. The maximum absolute atomic E-state index is 5.99. The second-order valence-electron chi connectivity index (χ2n) is 6.41. The third-order valence-electron chi connectivity index (χ3n) is 3.45. The van der Waals surface area contributed by atoms with Crippen molar-refractivity contribution >= 4 is 0 Å². The summed E-state index contributed by atoms with van der Waals surface area (Å²) < 4.78 is 17.1. The third kappa shape index (κ3) is 4.22. The van der Waals surface area contributed by atoms with Crippen LogP contribution in [0.2, 0.25) is 0 Å². The van der Waals surface area contributed by atoms with Crippen LogP contribution in [0, 0.1) is 6.92 Å². The zero-order valence-corrected chi connectivity index (χ0v) is 13.1. The van der Waals surface area contributed by atoms with Gasteiger partial charge in [-0.2, -0.15) is 0 Å². The Balaban J connectivity index is 1.95. The van der Waals surface area contributed by atoms with E-state index in [1.807, 2.05) is 0 Å². The van der Waals surface area contributed by atoms with Gasteiger partial charge < -0.3 is 14.2 Å². The zero-order chi connectivity index (χ0) is 14.6. The van der Waals surface area contributed by atoms with E-state index in [0.717, 1.165) is 31.8 Å². The van der Waals surface area contributed by atoms with Crippen LogP contribution in [0.3, 0.4) is 0 Å². The SMILES string of the molecule is Cc1ccc(C(C)(C)C)c(OCCC2OCCCO2)c1. The molecule has 0 aromatic heterocycles. The lowest BCUT2D eigenvalue weighted by atomic mass is 9.86. The number of aryl methyl sites for hydroxylation is 1. The van der Waals surface area contributed by atoms with E-state index in [4.69, 9.17) is 14.2 Å². The second kappa shape index (κ2) is 6.59. The molecule has 1 heterocycles. The van der Waals surface area contributed by atoms with Crippen LogP contribution >= 0.6 is 0 Å². The molecule has 1 fully saturated rings. The minimum Gasteiger partial charge on any atom is -0.493 e. The summed E-state index contributed by atoms with van der Waals surface area (Å²) in [6.07, 6.45) is 1.66. The highest BCUT2D eigenvalue weighted by molar-refractivity contribution is 5.41. The van der Waals surface area contributed by atoms with Gasteiger partial charge >= 0.3 is 0 Å². The third-order valence-corrected chi connectivity index (χ3v) is 3.45. The molecule has 0 radical (unpaired) electrons. The average molecular weight is 278 g/mol. The smallest absolute Gasteiger partial charge is 0.160 e. The Morgan fingerprint density at radius 2 is 1.90 bits per heavy atom. The van der Waals surface area contributed by atoms with E-state index in [1.165, 1.54) is 11.1 Å². The summed E-state index contributed by atoms with van der Waals surface area (Å²) in [6, 6.07) is 6.42. The maximum Gasteiger partial charge on any atom is 0.160 e. The molecule has 20 heavy (non-hydrogen) atoms. The van der Waals surface area contributed by atoms with Crippen LogP contribution < -0.4 is 4.74 Å².